The lowest BCUT2D eigenvalue weighted by molar-refractivity contribution is 0.0520. The standard InChI is InChI=1S/C15H22N2O3S/c1-15(2,3)20-14(19)16-8-11-4-6-17(9-11)13(18)12-5-7-21-10-12/h5,7,10-11H,4,6,8-9H2,1-3H3,(H,16,19). The van der Waals surface area contributed by atoms with Crippen LogP contribution in [0.2, 0.25) is 0 Å². The number of likely N-dealkylation sites (tertiary alicyclic amines) is 1. The van der Waals surface area contributed by atoms with Gasteiger partial charge in [0, 0.05) is 25.0 Å². The highest BCUT2D eigenvalue weighted by molar-refractivity contribution is 7.08. The summed E-state index contributed by atoms with van der Waals surface area (Å²) >= 11 is 1.53. The molecule has 1 fully saturated rings. The largest absolute Gasteiger partial charge is 0.444 e. The third-order valence-electron chi connectivity index (χ3n) is 3.28. The fourth-order valence-electron chi connectivity index (χ4n) is 2.29. The summed E-state index contributed by atoms with van der Waals surface area (Å²) in [6.07, 6.45) is 0.510. The number of alkyl carbamates (subject to hydrolysis) is 1. The van der Waals surface area contributed by atoms with Gasteiger partial charge in [-0.25, -0.2) is 4.79 Å². The minimum absolute atomic E-state index is 0.0796. The topological polar surface area (TPSA) is 58.6 Å². The van der Waals surface area contributed by atoms with E-state index in [0.717, 1.165) is 18.5 Å². The van der Waals surface area contributed by atoms with Crippen LogP contribution in [0.3, 0.4) is 0 Å². The zero-order valence-electron chi connectivity index (χ0n) is 12.7. The number of amides is 2. The van der Waals surface area contributed by atoms with Crippen LogP contribution >= 0.6 is 11.3 Å². The van der Waals surface area contributed by atoms with Crippen LogP contribution < -0.4 is 5.32 Å². The van der Waals surface area contributed by atoms with Gasteiger partial charge < -0.3 is 15.0 Å². The molecule has 0 aromatic carbocycles. The van der Waals surface area contributed by atoms with Crippen molar-refractivity contribution < 1.29 is 14.3 Å². The predicted octanol–water partition coefficient (Wildman–Crippen LogP) is 2.73. The fraction of sp³-hybridized carbons (Fsp3) is 0.600. The van der Waals surface area contributed by atoms with Crippen molar-refractivity contribution in [3.8, 4) is 0 Å². The second kappa shape index (κ2) is 6.47. The number of nitrogens with one attached hydrogen (secondary N) is 1. The summed E-state index contributed by atoms with van der Waals surface area (Å²) in [6.45, 7) is 7.48. The molecule has 0 spiro atoms. The van der Waals surface area contributed by atoms with E-state index in [0.29, 0.717) is 19.0 Å². The first-order valence-electron chi connectivity index (χ1n) is 7.13. The van der Waals surface area contributed by atoms with Crippen LogP contribution in [0.4, 0.5) is 4.79 Å². The molecule has 1 aromatic heterocycles. The van der Waals surface area contributed by atoms with Gasteiger partial charge in [0.05, 0.1) is 5.56 Å². The molecule has 1 aromatic rings. The Morgan fingerprint density at radius 1 is 1.48 bits per heavy atom. The van der Waals surface area contributed by atoms with Crippen molar-refractivity contribution in [3.63, 3.8) is 0 Å². The number of carbonyl (C=O) groups is 2. The van der Waals surface area contributed by atoms with Gasteiger partial charge in [-0.1, -0.05) is 0 Å². The molecule has 1 atom stereocenters. The van der Waals surface area contributed by atoms with Crippen molar-refractivity contribution in [2.45, 2.75) is 32.8 Å². The summed E-state index contributed by atoms with van der Waals surface area (Å²) < 4.78 is 5.20. The second-order valence-corrected chi connectivity index (χ2v) is 7.08. The molecule has 6 heteroatoms. The zero-order valence-corrected chi connectivity index (χ0v) is 13.5. The third kappa shape index (κ3) is 4.74. The molecule has 1 aliphatic heterocycles. The first kappa shape index (κ1) is 15.8. The van der Waals surface area contributed by atoms with E-state index in [4.69, 9.17) is 4.74 Å². The van der Waals surface area contributed by atoms with Crippen LogP contribution in [-0.4, -0.2) is 42.1 Å². The summed E-state index contributed by atoms with van der Waals surface area (Å²) in [5.41, 5.74) is 0.265. The third-order valence-corrected chi connectivity index (χ3v) is 3.96. The minimum atomic E-state index is -0.485. The first-order valence-corrected chi connectivity index (χ1v) is 8.08. The summed E-state index contributed by atoms with van der Waals surface area (Å²) in [5, 5.41) is 6.56. The van der Waals surface area contributed by atoms with E-state index in [2.05, 4.69) is 5.32 Å². The average Bonchev–Trinajstić information content (AvgIpc) is 3.05. The van der Waals surface area contributed by atoms with E-state index in [1.165, 1.54) is 11.3 Å². The number of rotatable bonds is 3. The minimum Gasteiger partial charge on any atom is -0.444 e. The maximum atomic E-state index is 12.2. The molecule has 21 heavy (non-hydrogen) atoms. The molecule has 0 radical (unpaired) electrons. The van der Waals surface area contributed by atoms with Gasteiger partial charge in [-0.3, -0.25) is 4.79 Å². The van der Waals surface area contributed by atoms with Gasteiger partial charge in [-0.15, -0.1) is 0 Å². The van der Waals surface area contributed by atoms with Crippen LogP contribution in [0.15, 0.2) is 16.8 Å². The summed E-state index contributed by atoms with van der Waals surface area (Å²) in [5.74, 6) is 0.371. The number of nitrogens with zero attached hydrogens (tertiary/aromatic N) is 1. The molecule has 0 bridgehead atoms. The SMILES string of the molecule is CC(C)(C)OC(=O)NCC1CCN(C(=O)c2ccsc2)C1. The van der Waals surface area contributed by atoms with E-state index < -0.39 is 11.7 Å². The highest BCUT2D eigenvalue weighted by Crippen LogP contribution is 2.19. The maximum absolute atomic E-state index is 12.2. The summed E-state index contributed by atoms with van der Waals surface area (Å²) in [7, 11) is 0. The van der Waals surface area contributed by atoms with Gasteiger partial charge in [0.1, 0.15) is 5.60 Å². The number of thiophene rings is 1. The van der Waals surface area contributed by atoms with Crippen molar-refractivity contribution in [2.24, 2.45) is 5.92 Å². The van der Waals surface area contributed by atoms with E-state index in [-0.39, 0.29) is 5.91 Å². The molecule has 116 valence electrons. The normalized spacial score (nSPS) is 18.6. The van der Waals surface area contributed by atoms with Crippen LogP contribution in [0, 0.1) is 5.92 Å². The highest BCUT2D eigenvalue weighted by atomic mass is 32.1. The van der Waals surface area contributed by atoms with E-state index in [1.807, 2.05) is 42.5 Å². The fourth-order valence-corrected chi connectivity index (χ4v) is 2.92. The molecule has 1 N–H and O–H groups in total. The lowest BCUT2D eigenvalue weighted by atomic mass is 10.1. The molecule has 1 aliphatic rings. The van der Waals surface area contributed by atoms with Crippen LogP contribution in [0.5, 0.6) is 0 Å². The lowest BCUT2D eigenvalue weighted by Crippen LogP contribution is -2.36. The highest BCUT2D eigenvalue weighted by Gasteiger charge is 2.27. The Labute approximate surface area is 129 Å². The van der Waals surface area contributed by atoms with E-state index in [1.54, 1.807) is 0 Å². The number of hydrogen-bond donors (Lipinski definition) is 1. The molecular formula is C15H22N2O3S. The molecule has 2 rings (SSSR count). The van der Waals surface area contributed by atoms with Gasteiger partial charge in [-0.05, 0) is 44.6 Å². The Kier molecular flexibility index (Phi) is 4.88. The Morgan fingerprint density at radius 3 is 2.86 bits per heavy atom. The van der Waals surface area contributed by atoms with Gasteiger partial charge in [0.15, 0.2) is 0 Å². The Hall–Kier alpha value is -1.56. The van der Waals surface area contributed by atoms with E-state index >= 15 is 0 Å². The number of ether oxygens (including phenoxy) is 1. The quantitative estimate of drug-likeness (QED) is 0.934. The molecule has 5 nitrogen and oxygen atoms in total. The molecule has 1 saturated heterocycles. The summed E-state index contributed by atoms with van der Waals surface area (Å²) in [6, 6.07) is 1.85. The maximum Gasteiger partial charge on any atom is 0.407 e. The lowest BCUT2D eigenvalue weighted by Gasteiger charge is -2.21. The Balaban J connectivity index is 1.76. The molecule has 0 aliphatic carbocycles. The molecule has 0 saturated carbocycles. The molecule has 2 heterocycles. The van der Waals surface area contributed by atoms with Crippen LogP contribution in [0.25, 0.3) is 0 Å². The van der Waals surface area contributed by atoms with Crippen LogP contribution in [0.1, 0.15) is 37.6 Å². The van der Waals surface area contributed by atoms with Crippen molar-refractivity contribution >= 4 is 23.3 Å². The second-order valence-electron chi connectivity index (χ2n) is 6.30. The van der Waals surface area contributed by atoms with Crippen LogP contribution in [-0.2, 0) is 4.74 Å². The van der Waals surface area contributed by atoms with Gasteiger partial charge in [0.2, 0.25) is 0 Å². The number of carbonyl (C=O) groups excluding carboxylic acids is 2. The van der Waals surface area contributed by atoms with Crippen molar-refractivity contribution in [1.82, 2.24) is 10.2 Å². The molecular weight excluding hydrogens is 288 g/mol. The van der Waals surface area contributed by atoms with E-state index in [9.17, 15) is 9.59 Å². The number of hydrogen-bond acceptors (Lipinski definition) is 4. The van der Waals surface area contributed by atoms with Gasteiger partial charge in [-0.2, -0.15) is 11.3 Å². The van der Waals surface area contributed by atoms with Crippen molar-refractivity contribution in [3.05, 3.63) is 22.4 Å². The smallest absolute Gasteiger partial charge is 0.407 e. The first-order chi connectivity index (χ1) is 9.85. The predicted molar refractivity (Wildman–Crippen MR) is 82.6 cm³/mol. The summed E-state index contributed by atoms with van der Waals surface area (Å²) in [4.78, 5) is 25.7. The average molecular weight is 310 g/mol. The molecule has 2 amide bonds. The molecule has 1 unspecified atom stereocenters. The van der Waals surface area contributed by atoms with Gasteiger partial charge in [0.25, 0.3) is 5.91 Å². The zero-order chi connectivity index (χ0) is 15.5. The van der Waals surface area contributed by atoms with Crippen molar-refractivity contribution in [1.29, 1.82) is 0 Å². The monoisotopic (exact) mass is 310 g/mol. The van der Waals surface area contributed by atoms with Gasteiger partial charge >= 0.3 is 6.09 Å². The Morgan fingerprint density at radius 2 is 2.24 bits per heavy atom. The Bertz CT molecular complexity index is 494. The van der Waals surface area contributed by atoms with Crippen molar-refractivity contribution in [2.75, 3.05) is 19.6 Å².